The molecule has 0 amide bonds. The van der Waals surface area contributed by atoms with Crippen molar-refractivity contribution in [2.45, 2.75) is 5.16 Å². The predicted molar refractivity (Wildman–Crippen MR) is 63.3 cm³/mol. The summed E-state index contributed by atoms with van der Waals surface area (Å²) in [6.07, 6.45) is 3.17. The van der Waals surface area contributed by atoms with E-state index in [1.54, 1.807) is 18.5 Å². The van der Waals surface area contributed by atoms with Crippen molar-refractivity contribution < 1.29 is 8.42 Å². The topological polar surface area (TPSA) is 104 Å². The van der Waals surface area contributed by atoms with Crippen LogP contribution in [0.3, 0.4) is 0 Å². The summed E-state index contributed by atoms with van der Waals surface area (Å²) in [6.45, 7) is 0. The molecule has 0 bridgehead atoms. The van der Waals surface area contributed by atoms with Crippen LogP contribution in [0.2, 0.25) is 0 Å². The maximum atomic E-state index is 11.2. The number of primary sulfonamides is 1. The summed E-state index contributed by atoms with van der Waals surface area (Å²) < 4.78 is 24.5. The van der Waals surface area contributed by atoms with E-state index in [2.05, 4.69) is 31.1 Å². The number of hydrogen-bond acceptors (Lipinski definition) is 5. The Kier molecular flexibility index (Phi) is 2.98. The van der Waals surface area contributed by atoms with Gasteiger partial charge in [0, 0.05) is 29.5 Å². The lowest BCUT2D eigenvalue weighted by Crippen LogP contribution is -2.17. The molecule has 7 nitrogen and oxygen atoms in total. The first-order valence-electron chi connectivity index (χ1n) is 4.42. The predicted octanol–water partition coefficient (Wildman–Crippen LogP) is 0.287. The second kappa shape index (κ2) is 4.17. The smallest absolute Gasteiger partial charge is 0.273 e. The zero-order valence-corrected chi connectivity index (χ0v) is 11.1. The standard InChI is InChI=1S/C8H8BrN5O2S/c1-14-7(5-2-6(9)4-11-3-5)12-13-8(14)17(10,15)16/h2-4H,1H3,(H2,10,15,16). The Labute approximate surface area is 106 Å². The highest BCUT2D eigenvalue weighted by Gasteiger charge is 2.19. The van der Waals surface area contributed by atoms with Crippen LogP contribution in [0.15, 0.2) is 28.1 Å². The fourth-order valence-corrected chi connectivity index (χ4v) is 2.34. The summed E-state index contributed by atoms with van der Waals surface area (Å²) >= 11 is 3.27. The first kappa shape index (κ1) is 12.1. The van der Waals surface area contributed by atoms with E-state index in [1.165, 1.54) is 11.6 Å². The quantitative estimate of drug-likeness (QED) is 0.857. The van der Waals surface area contributed by atoms with Crippen LogP contribution < -0.4 is 5.14 Å². The molecule has 2 rings (SSSR count). The highest BCUT2D eigenvalue weighted by atomic mass is 79.9. The molecule has 0 aliphatic rings. The van der Waals surface area contributed by atoms with Crippen molar-refractivity contribution in [3.8, 4) is 11.4 Å². The molecule has 2 heterocycles. The van der Waals surface area contributed by atoms with Gasteiger partial charge in [-0.2, -0.15) is 0 Å². The zero-order valence-electron chi connectivity index (χ0n) is 8.70. The van der Waals surface area contributed by atoms with Crippen molar-refractivity contribution in [2.24, 2.45) is 12.2 Å². The Morgan fingerprint density at radius 1 is 1.35 bits per heavy atom. The maximum absolute atomic E-state index is 11.2. The van der Waals surface area contributed by atoms with Crippen LogP contribution in [0.25, 0.3) is 11.4 Å². The van der Waals surface area contributed by atoms with Crippen molar-refractivity contribution in [2.75, 3.05) is 0 Å². The van der Waals surface area contributed by atoms with Gasteiger partial charge in [-0.25, -0.2) is 13.6 Å². The number of rotatable bonds is 2. The van der Waals surface area contributed by atoms with Gasteiger partial charge in [0.15, 0.2) is 5.82 Å². The second-order valence-electron chi connectivity index (χ2n) is 3.30. The molecule has 0 aliphatic heterocycles. The molecule has 90 valence electrons. The van der Waals surface area contributed by atoms with Crippen molar-refractivity contribution >= 4 is 26.0 Å². The van der Waals surface area contributed by atoms with Crippen LogP contribution >= 0.6 is 15.9 Å². The van der Waals surface area contributed by atoms with E-state index in [0.717, 1.165) is 4.47 Å². The lowest BCUT2D eigenvalue weighted by Gasteiger charge is -2.02. The van der Waals surface area contributed by atoms with Crippen LogP contribution in [-0.4, -0.2) is 28.2 Å². The number of halogens is 1. The summed E-state index contributed by atoms with van der Waals surface area (Å²) in [4.78, 5) is 3.96. The number of nitrogens with two attached hydrogens (primary N) is 1. The molecule has 0 spiro atoms. The average molecular weight is 318 g/mol. The SMILES string of the molecule is Cn1c(-c2cncc(Br)c2)nnc1S(N)(=O)=O. The Morgan fingerprint density at radius 3 is 2.59 bits per heavy atom. The van der Waals surface area contributed by atoms with Crippen LogP contribution in [0, 0.1) is 0 Å². The van der Waals surface area contributed by atoms with Crippen molar-refractivity contribution in [1.82, 2.24) is 19.7 Å². The molecule has 17 heavy (non-hydrogen) atoms. The minimum Gasteiger partial charge on any atom is -0.300 e. The number of aromatic nitrogens is 4. The number of sulfonamides is 1. The van der Waals surface area contributed by atoms with E-state index in [-0.39, 0.29) is 5.16 Å². The summed E-state index contributed by atoms with van der Waals surface area (Å²) in [7, 11) is -2.35. The molecule has 9 heteroatoms. The molecular formula is C8H8BrN5O2S. The largest absolute Gasteiger partial charge is 0.300 e. The molecule has 2 aromatic rings. The molecule has 0 unspecified atom stereocenters. The molecule has 0 saturated carbocycles. The van der Waals surface area contributed by atoms with Crippen LogP contribution in [0.1, 0.15) is 0 Å². The molecule has 0 atom stereocenters. The normalized spacial score (nSPS) is 11.7. The lowest BCUT2D eigenvalue weighted by molar-refractivity contribution is 0.580. The monoisotopic (exact) mass is 317 g/mol. The van der Waals surface area contributed by atoms with Crippen LogP contribution in [-0.2, 0) is 17.1 Å². The van der Waals surface area contributed by atoms with E-state index in [0.29, 0.717) is 11.4 Å². The third kappa shape index (κ3) is 2.35. The second-order valence-corrected chi connectivity index (χ2v) is 5.67. The molecule has 2 N–H and O–H groups in total. The van der Waals surface area contributed by atoms with E-state index in [4.69, 9.17) is 5.14 Å². The Morgan fingerprint density at radius 2 is 2.06 bits per heavy atom. The van der Waals surface area contributed by atoms with Gasteiger partial charge in [-0.05, 0) is 22.0 Å². The maximum Gasteiger partial charge on any atom is 0.273 e. The highest BCUT2D eigenvalue weighted by Crippen LogP contribution is 2.20. The van der Waals surface area contributed by atoms with E-state index in [9.17, 15) is 8.42 Å². The summed E-state index contributed by atoms with van der Waals surface area (Å²) in [5, 5.41) is 12.1. The summed E-state index contributed by atoms with van der Waals surface area (Å²) in [5.41, 5.74) is 0.643. The Hall–Kier alpha value is -1.32. The van der Waals surface area contributed by atoms with E-state index < -0.39 is 10.0 Å². The minimum absolute atomic E-state index is 0.285. The molecule has 0 saturated heterocycles. The average Bonchev–Trinajstić information content (AvgIpc) is 2.59. The molecule has 0 fully saturated rings. The van der Waals surface area contributed by atoms with Gasteiger partial charge in [-0.1, -0.05) is 0 Å². The molecular weight excluding hydrogens is 310 g/mol. The third-order valence-corrected chi connectivity index (χ3v) is 3.35. The molecule has 0 aliphatic carbocycles. The van der Waals surface area contributed by atoms with Crippen LogP contribution in [0.5, 0.6) is 0 Å². The zero-order chi connectivity index (χ0) is 12.6. The van der Waals surface area contributed by atoms with Crippen molar-refractivity contribution in [3.05, 3.63) is 22.9 Å². The Balaban J connectivity index is 2.60. The molecule has 2 aromatic heterocycles. The van der Waals surface area contributed by atoms with Gasteiger partial charge in [0.05, 0.1) is 0 Å². The molecule has 0 radical (unpaired) electrons. The van der Waals surface area contributed by atoms with E-state index >= 15 is 0 Å². The fourth-order valence-electron chi connectivity index (χ4n) is 1.35. The lowest BCUT2D eigenvalue weighted by atomic mass is 10.3. The first-order chi connectivity index (χ1) is 7.89. The van der Waals surface area contributed by atoms with Gasteiger partial charge in [0.25, 0.3) is 15.2 Å². The van der Waals surface area contributed by atoms with Gasteiger partial charge in [0.1, 0.15) is 0 Å². The third-order valence-electron chi connectivity index (χ3n) is 2.05. The first-order valence-corrected chi connectivity index (χ1v) is 6.76. The van der Waals surface area contributed by atoms with E-state index in [1.807, 2.05) is 0 Å². The van der Waals surface area contributed by atoms with Gasteiger partial charge in [-0.3, -0.25) is 9.55 Å². The van der Waals surface area contributed by atoms with Crippen LogP contribution in [0.4, 0.5) is 0 Å². The highest BCUT2D eigenvalue weighted by molar-refractivity contribution is 9.10. The van der Waals surface area contributed by atoms with Gasteiger partial charge in [-0.15, -0.1) is 10.2 Å². The van der Waals surface area contributed by atoms with Gasteiger partial charge in [0.2, 0.25) is 0 Å². The van der Waals surface area contributed by atoms with Gasteiger partial charge < -0.3 is 0 Å². The Bertz CT molecular complexity index is 666. The number of nitrogens with zero attached hydrogens (tertiary/aromatic N) is 4. The van der Waals surface area contributed by atoms with Crippen molar-refractivity contribution in [1.29, 1.82) is 0 Å². The number of pyridine rings is 1. The van der Waals surface area contributed by atoms with Gasteiger partial charge >= 0.3 is 0 Å². The fraction of sp³-hybridized carbons (Fsp3) is 0.125. The summed E-state index contributed by atoms with van der Waals surface area (Å²) in [5.74, 6) is 0.378. The minimum atomic E-state index is -3.87. The summed E-state index contributed by atoms with van der Waals surface area (Å²) in [6, 6.07) is 1.75. The van der Waals surface area contributed by atoms with Crippen molar-refractivity contribution in [3.63, 3.8) is 0 Å². The number of hydrogen-bond donors (Lipinski definition) is 1. The molecule has 0 aromatic carbocycles.